The standard InChI is InChI=1S/C21H22N4O/c1-4-13(2)25-10-9-15(12-25)20-14(3)17-11-18(23-24-21(17)22-20)16-7-5-6-8-19(16)26/h4-8,11,15,26H,1-2,9-10,12H2,3H3,(H,22,24). The molecule has 1 saturated heterocycles. The molecule has 3 heterocycles. The number of likely N-dealkylation sites (tertiary alicyclic amines) is 1. The van der Waals surface area contributed by atoms with Gasteiger partial charge in [-0.1, -0.05) is 25.3 Å². The van der Waals surface area contributed by atoms with Gasteiger partial charge >= 0.3 is 0 Å². The van der Waals surface area contributed by atoms with E-state index in [1.54, 1.807) is 12.1 Å². The first-order valence-corrected chi connectivity index (χ1v) is 8.79. The fraction of sp³-hybridized carbons (Fsp3) is 0.238. The van der Waals surface area contributed by atoms with Crippen molar-refractivity contribution in [1.82, 2.24) is 20.1 Å². The highest BCUT2D eigenvalue weighted by Gasteiger charge is 2.27. The highest BCUT2D eigenvalue weighted by molar-refractivity contribution is 5.85. The third kappa shape index (κ3) is 2.65. The third-order valence-corrected chi connectivity index (χ3v) is 5.27. The van der Waals surface area contributed by atoms with E-state index in [9.17, 15) is 5.11 Å². The summed E-state index contributed by atoms with van der Waals surface area (Å²) < 4.78 is 0. The van der Waals surface area contributed by atoms with Crippen LogP contribution in [0.15, 0.2) is 55.3 Å². The number of H-pyrrole nitrogens is 1. The number of para-hydroxylation sites is 1. The normalized spacial score (nSPS) is 17.0. The number of aromatic amines is 1. The Morgan fingerprint density at radius 3 is 2.92 bits per heavy atom. The molecule has 5 heteroatoms. The van der Waals surface area contributed by atoms with Gasteiger partial charge in [0.05, 0.1) is 5.69 Å². The summed E-state index contributed by atoms with van der Waals surface area (Å²) in [5, 5.41) is 19.8. The summed E-state index contributed by atoms with van der Waals surface area (Å²) in [5.41, 5.74) is 5.54. The zero-order valence-corrected chi connectivity index (χ0v) is 14.9. The second-order valence-electron chi connectivity index (χ2n) is 6.80. The molecule has 0 amide bonds. The molecule has 1 aromatic carbocycles. The van der Waals surface area contributed by atoms with Gasteiger partial charge in [0, 0.05) is 41.3 Å². The molecule has 4 rings (SSSR count). The molecule has 1 aliphatic heterocycles. The van der Waals surface area contributed by atoms with Crippen molar-refractivity contribution in [2.75, 3.05) is 13.1 Å². The van der Waals surface area contributed by atoms with Crippen molar-refractivity contribution in [2.24, 2.45) is 0 Å². The minimum Gasteiger partial charge on any atom is -0.507 e. The summed E-state index contributed by atoms with van der Waals surface area (Å²) in [7, 11) is 0. The molecule has 0 spiro atoms. The number of nitrogens with zero attached hydrogens (tertiary/aromatic N) is 3. The third-order valence-electron chi connectivity index (χ3n) is 5.27. The molecule has 26 heavy (non-hydrogen) atoms. The van der Waals surface area contributed by atoms with Gasteiger partial charge in [-0.25, -0.2) is 0 Å². The van der Waals surface area contributed by atoms with Gasteiger partial charge in [0.15, 0.2) is 5.65 Å². The van der Waals surface area contributed by atoms with Crippen LogP contribution in [0.3, 0.4) is 0 Å². The molecular weight excluding hydrogens is 324 g/mol. The van der Waals surface area contributed by atoms with Gasteiger partial charge in [-0.3, -0.25) is 0 Å². The molecule has 1 atom stereocenters. The number of phenols is 1. The minimum absolute atomic E-state index is 0.212. The van der Waals surface area contributed by atoms with Crippen LogP contribution in [0.1, 0.15) is 23.6 Å². The number of allylic oxidation sites excluding steroid dienone is 1. The first-order chi connectivity index (χ1) is 12.6. The second-order valence-corrected chi connectivity index (χ2v) is 6.80. The van der Waals surface area contributed by atoms with E-state index >= 15 is 0 Å². The van der Waals surface area contributed by atoms with Gasteiger partial charge < -0.3 is 15.0 Å². The van der Waals surface area contributed by atoms with Crippen molar-refractivity contribution in [3.8, 4) is 17.0 Å². The highest BCUT2D eigenvalue weighted by atomic mass is 16.3. The van der Waals surface area contributed by atoms with E-state index in [1.165, 1.54) is 11.3 Å². The van der Waals surface area contributed by atoms with E-state index < -0.39 is 0 Å². The van der Waals surface area contributed by atoms with Crippen LogP contribution in [0, 0.1) is 6.92 Å². The molecule has 1 fully saturated rings. The summed E-state index contributed by atoms with van der Waals surface area (Å²) in [6.07, 6.45) is 2.88. The first-order valence-electron chi connectivity index (χ1n) is 8.79. The number of aryl methyl sites for hydroxylation is 1. The average Bonchev–Trinajstić information content (AvgIpc) is 3.26. The number of fused-ring (bicyclic) bond motifs is 1. The van der Waals surface area contributed by atoms with Gasteiger partial charge in [-0.2, -0.15) is 0 Å². The molecule has 0 radical (unpaired) electrons. The molecule has 5 nitrogen and oxygen atoms in total. The maximum atomic E-state index is 10.1. The smallest absolute Gasteiger partial charge is 0.160 e. The van der Waals surface area contributed by atoms with Crippen molar-refractivity contribution < 1.29 is 5.11 Å². The topological polar surface area (TPSA) is 65.0 Å². The van der Waals surface area contributed by atoms with E-state index in [-0.39, 0.29) is 5.75 Å². The Hall–Kier alpha value is -3.08. The van der Waals surface area contributed by atoms with E-state index in [0.29, 0.717) is 17.2 Å². The van der Waals surface area contributed by atoms with Crippen molar-refractivity contribution in [3.05, 3.63) is 66.5 Å². The number of hydrogen-bond acceptors (Lipinski definition) is 4. The molecule has 2 N–H and O–H groups in total. The van der Waals surface area contributed by atoms with Crippen molar-refractivity contribution in [1.29, 1.82) is 0 Å². The van der Waals surface area contributed by atoms with Gasteiger partial charge in [0.2, 0.25) is 0 Å². The van der Waals surface area contributed by atoms with E-state index in [2.05, 4.69) is 40.2 Å². The maximum Gasteiger partial charge on any atom is 0.160 e. The van der Waals surface area contributed by atoms with Crippen LogP contribution >= 0.6 is 0 Å². The van der Waals surface area contributed by atoms with Crippen molar-refractivity contribution in [3.63, 3.8) is 0 Å². The lowest BCUT2D eigenvalue weighted by atomic mass is 10.00. The Morgan fingerprint density at radius 1 is 1.35 bits per heavy atom. The molecular formula is C21H22N4O. The highest BCUT2D eigenvalue weighted by Crippen LogP contribution is 2.35. The summed E-state index contributed by atoms with van der Waals surface area (Å²) in [5.74, 6) is 0.624. The van der Waals surface area contributed by atoms with Gasteiger partial charge in [-0.05, 0) is 43.2 Å². The maximum absolute atomic E-state index is 10.1. The van der Waals surface area contributed by atoms with Gasteiger partial charge in [0.25, 0.3) is 0 Å². The molecule has 0 aliphatic carbocycles. The molecule has 0 bridgehead atoms. The van der Waals surface area contributed by atoms with Crippen LogP contribution < -0.4 is 0 Å². The summed E-state index contributed by atoms with van der Waals surface area (Å²) in [6, 6.07) is 9.20. The summed E-state index contributed by atoms with van der Waals surface area (Å²) in [6.45, 7) is 11.9. The van der Waals surface area contributed by atoms with Crippen LogP contribution in [-0.2, 0) is 0 Å². The van der Waals surface area contributed by atoms with E-state index in [0.717, 1.165) is 36.2 Å². The molecule has 0 saturated carbocycles. The molecule has 2 aromatic heterocycles. The predicted molar refractivity (Wildman–Crippen MR) is 104 cm³/mol. The molecule has 3 aromatic rings. The summed E-state index contributed by atoms with van der Waals surface area (Å²) >= 11 is 0. The van der Waals surface area contributed by atoms with E-state index in [1.807, 2.05) is 24.3 Å². The monoisotopic (exact) mass is 346 g/mol. The quantitative estimate of drug-likeness (QED) is 0.697. The zero-order valence-electron chi connectivity index (χ0n) is 14.9. The van der Waals surface area contributed by atoms with E-state index in [4.69, 9.17) is 0 Å². The largest absolute Gasteiger partial charge is 0.507 e. The van der Waals surface area contributed by atoms with Crippen LogP contribution in [0.2, 0.25) is 0 Å². The van der Waals surface area contributed by atoms with Crippen LogP contribution in [-0.4, -0.2) is 38.3 Å². The number of aromatic nitrogens is 3. The fourth-order valence-corrected chi connectivity index (χ4v) is 3.75. The Bertz CT molecular complexity index is 1000. The van der Waals surface area contributed by atoms with Crippen LogP contribution in [0.25, 0.3) is 22.3 Å². The lowest BCUT2D eigenvalue weighted by Gasteiger charge is -2.18. The van der Waals surface area contributed by atoms with Gasteiger partial charge in [0.1, 0.15) is 5.75 Å². The van der Waals surface area contributed by atoms with Crippen LogP contribution in [0.4, 0.5) is 0 Å². The number of phenolic OH excluding ortho intramolecular Hbond substituents is 1. The lowest BCUT2D eigenvalue weighted by molar-refractivity contribution is 0.435. The minimum atomic E-state index is 0.212. The molecule has 1 aliphatic rings. The van der Waals surface area contributed by atoms with Crippen molar-refractivity contribution >= 4 is 11.0 Å². The zero-order chi connectivity index (χ0) is 18.3. The van der Waals surface area contributed by atoms with Gasteiger partial charge in [-0.15, -0.1) is 10.2 Å². The first kappa shape index (κ1) is 16.4. The number of hydrogen-bond donors (Lipinski definition) is 2. The Morgan fingerprint density at radius 2 is 2.15 bits per heavy atom. The van der Waals surface area contributed by atoms with Crippen molar-refractivity contribution in [2.45, 2.75) is 19.3 Å². The fourth-order valence-electron chi connectivity index (χ4n) is 3.75. The SMILES string of the molecule is C=CC(=C)N1CCC(c2[nH]c3nnc(-c4ccccc4O)cc3c2C)C1. The lowest BCUT2D eigenvalue weighted by Crippen LogP contribution is -2.17. The average molecular weight is 346 g/mol. The Labute approximate surface area is 152 Å². The number of benzene rings is 1. The van der Waals surface area contributed by atoms with Crippen LogP contribution in [0.5, 0.6) is 5.75 Å². The Balaban J connectivity index is 1.71. The number of rotatable bonds is 4. The molecule has 1 unspecified atom stereocenters. The number of aromatic hydroxyl groups is 1. The summed E-state index contributed by atoms with van der Waals surface area (Å²) in [4.78, 5) is 5.72. The molecule has 132 valence electrons. The predicted octanol–water partition coefficient (Wildman–Crippen LogP) is 4.13. The Kier molecular flexibility index (Phi) is 3.99. The number of nitrogens with one attached hydrogen (secondary N) is 1. The second kappa shape index (κ2) is 6.33.